The third kappa shape index (κ3) is 2.78. The van der Waals surface area contributed by atoms with Gasteiger partial charge in [-0.2, -0.15) is 0 Å². The third-order valence-electron chi connectivity index (χ3n) is 3.15. The predicted molar refractivity (Wildman–Crippen MR) is 78.4 cm³/mol. The Bertz CT molecular complexity index is 708. The largest absolute Gasteiger partial charge is 0.487 e. The normalized spacial score (nSPS) is 10.7. The van der Waals surface area contributed by atoms with Gasteiger partial charge in [-0.15, -0.1) is 0 Å². The van der Waals surface area contributed by atoms with Crippen LogP contribution in [0.4, 0.5) is 0 Å². The summed E-state index contributed by atoms with van der Waals surface area (Å²) in [6.07, 6.45) is 0. The van der Waals surface area contributed by atoms with E-state index in [9.17, 15) is 0 Å². The van der Waals surface area contributed by atoms with E-state index in [1.54, 1.807) is 0 Å². The second-order valence-corrected chi connectivity index (χ2v) is 4.59. The zero-order valence-corrected chi connectivity index (χ0v) is 11.0. The smallest absolute Gasteiger partial charge is 0.130 e. The molecule has 0 fully saturated rings. The molecule has 0 atom stereocenters. The molecular formula is C17H15NO2. The van der Waals surface area contributed by atoms with Crippen molar-refractivity contribution in [1.29, 1.82) is 0 Å². The van der Waals surface area contributed by atoms with Crippen LogP contribution in [0.25, 0.3) is 10.9 Å². The first kappa shape index (κ1) is 12.6. The van der Waals surface area contributed by atoms with Gasteiger partial charge < -0.3 is 9.84 Å². The fraction of sp³-hybridized carbons (Fsp3) is 0.118. The Morgan fingerprint density at radius 1 is 0.900 bits per heavy atom. The van der Waals surface area contributed by atoms with Crippen molar-refractivity contribution < 1.29 is 9.84 Å². The van der Waals surface area contributed by atoms with Gasteiger partial charge in [0.05, 0.1) is 17.8 Å². The molecule has 20 heavy (non-hydrogen) atoms. The van der Waals surface area contributed by atoms with Crippen LogP contribution in [0.15, 0.2) is 60.7 Å². The number of aliphatic hydroxyl groups excluding tert-OH is 1. The number of ether oxygens (including phenoxy) is 1. The summed E-state index contributed by atoms with van der Waals surface area (Å²) in [5.41, 5.74) is 2.75. The Morgan fingerprint density at radius 2 is 1.70 bits per heavy atom. The van der Waals surface area contributed by atoms with Crippen molar-refractivity contribution in [3.8, 4) is 5.75 Å². The Labute approximate surface area is 117 Å². The lowest BCUT2D eigenvalue weighted by molar-refractivity contribution is 0.280. The lowest BCUT2D eigenvalue weighted by atomic mass is 10.2. The summed E-state index contributed by atoms with van der Waals surface area (Å²) in [7, 11) is 0. The fourth-order valence-corrected chi connectivity index (χ4v) is 2.04. The van der Waals surface area contributed by atoms with Crippen LogP contribution in [0.5, 0.6) is 5.75 Å². The second kappa shape index (κ2) is 5.72. The summed E-state index contributed by atoms with van der Waals surface area (Å²) in [5.74, 6) is 0.775. The van der Waals surface area contributed by atoms with Crippen LogP contribution in [0.3, 0.4) is 0 Å². The second-order valence-electron chi connectivity index (χ2n) is 4.59. The fourth-order valence-electron chi connectivity index (χ4n) is 2.04. The monoisotopic (exact) mass is 265 g/mol. The first-order chi connectivity index (χ1) is 9.85. The van der Waals surface area contributed by atoms with Crippen molar-refractivity contribution in [3.63, 3.8) is 0 Å². The molecule has 0 saturated heterocycles. The molecule has 2 aromatic carbocycles. The number of hydrogen-bond acceptors (Lipinski definition) is 3. The maximum Gasteiger partial charge on any atom is 0.130 e. The molecule has 1 aromatic heterocycles. The molecule has 3 aromatic rings. The van der Waals surface area contributed by atoms with Crippen molar-refractivity contribution in [3.05, 3.63) is 71.9 Å². The average Bonchev–Trinajstić information content (AvgIpc) is 2.53. The zero-order chi connectivity index (χ0) is 13.8. The van der Waals surface area contributed by atoms with Crippen LogP contribution in [0.1, 0.15) is 11.3 Å². The molecule has 0 aliphatic heterocycles. The van der Waals surface area contributed by atoms with Crippen molar-refractivity contribution in [2.45, 2.75) is 13.2 Å². The van der Waals surface area contributed by atoms with E-state index < -0.39 is 0 Å². The Balaban J connectivity index is 1.72. The summed E-state index contributed by atoms with van der Waals surface area (Å²) in [6, 6.07) is 19.5. The first-order valence-electron chi connectivity index (χ1n) is 6.52. The number of fused-ring (bicyclic) bond motifs is 1. The third-order valence-corrected chi connectivity index (χ3v) is 3.15. The van der Waals surface area contributed by atoms with Gasteiger partial charge >= 0.3 is 0 Å². The van der Waals surface area contributed by atoms with Crippen LogP contribution >= 0.6 is 0 Å². The highest BCUT2D eigenvalue weighted by atomic mass is 16.5. The topological polar surface area (TPSA) is 42.4 Å². The lowest BCUT2D eigenvalue weighted by Gasteiger charge is -2.07. The van der Waals surface area contributed by atoms with Crippen molar-refractivity contribution in [2.24, 2.45) is 0 Å². The summed E-state index contributed by atoms with van der Waals surface area (Å²) in [4.78, 5) is 4.56. The minimum Gasteiger partial charge on any atom is -0.487 e. The molecule has 3 heteroatoms. The minimum absolute atomic E-state index is 0.0481. The van der Waals surface area contributed by atoms with Gasteiger partial charge in [0.25, 0.3) is 0 Å². The number of aromatic nitrogens is 1. The van der Waals surface area contributed by atoms with E-state index in [1.165, 1.54) is 0 Å². The molecular weight excluding hydrogens is 250 g/mol. The van der Waals surface area contributed by atoms with Gasteiger partial charge in [0.2, 0.25) is 0 Å². The predicted octanol–water partition coefficient (Wildman–Crippen LogP) is 3.31. The van der Waals surface area contributed by atoms with Gasteiger partial charge in [-0.25, -0.2) is 4.98 Å². The number of para-hydroxylation sites is 1. The molecule has 0 bridgehead atoms. The van der Waals surface area contributed by atoms with Crippen LogP contribution in [0, 0.1) is 0 Å². The maximum absolute atomic E-state index is 8.99. The molecule has 1 heterocycles. The van der Waals surface area contributed by atoms with Gasteiger partial charge in [-0.1, -0.05) is 36.4 Å². The molecule has 0 spiro atoms. The van der Waals surface area contributed by atoms with Crippen LogP contribution in [0.2, 0.25) is 0 Å². The molecule has 3 nitrogen and oxygen atoms in total. The average molecular weight is 265 g/mol. The molecule has 0 aliphatic carbocycles. The summed E-state index contributed by atoms with van der Waals surface area (Å²) < 4.78 is 5.70. The van der Waals surface area contributed by atoms with Crippen molar-refractivity contribution in [1.82, 2.24) is 4.98 Å². The van der Waals surface area contributed by atoms with E-state index in [-0.39, 0.29) is 6.61 Å². The van der Waals surface area contributed by atoms with Gasteiger partial charge in [0.15, 0.2) is 0 Å². The van der Waals surface area contributed by atoms with E-state index in [0.717, 1.165) is 27.9 Å². The van der Waals surface area contributed by atoms with E-state index >= 15 is 0 Å². The quantitative estimate of drug-likeness (QED) is 0.787. The van der Waals surface area contributed by atoms with Crippen LogP contribution in [-0.2, 0) is 13.2 Å². The van der Waals surface area contributed by atoms with Gasteiger partial charge in [0, 0.05) is 5.39 Å². The summed E-state index contributed by atoms with van der Waals surface area (Å²) in [5, 5.41) is 10.1. The summed E-state index contributed by atoms with van der Waals surface area (Å²) >= 11 is 0. The van der Waals surface area contributed by atoms with Gasteiger partial charge in [0.1, 0.15) is 12.4 Å². The number of benzene rings is 2. The standard InChI is InChI=1S/C17H15NO2/c19-11-13-5-9-16(10-6-13)20-12-15-8-7-14-3-1-2-4-17(14)18-15/h1-10,19H,11-12H2. The molecule has 100 valence electrons. The van der Waals surface area contributed by atoms with Crippen molar-refractivity contribution >= 4 is 10.9 Å². The molecule has 0 saturated carbocycles. The van der Waals surface area contributed by atoms with Gasteiger partial charge in [-0.05, 0) is 29.8 Å². The van der Waals surface area contributed by atoms with Crippen LogP contribution < -0.4 is 4.74 Å². The maximum atomic E-state index is 8.99. The Hall–Kier alpha value is -2.39. The molecule has 0 amide bonds. The zero-order valence-electron chi connectivity index (χ0n) is 11.0. The first-order valence-corrected chi connectivity index (χ1v) is 6.52. The van der Waals surface area contributed by atoms with E-state index in [0.29, 0.717) is 6.61 Å². The minimum atomic E-state index is 0.0481. The molecule has 1 N–H and O–H groups in total. The van der Waals surface area contributed by atoms with Gasteiger partial charge in [-0.3, -0.25) is 0 Å². The molecule has 0 radical (unpaired) electrons. The van der Waals surface area contributed by atoms with E-state index in [1.807, 2.05) is 54.6 Å². The number of aliphatic hydroxyl groups is 1. The van der Waals surface area contributed by atoms with E-state index in [2.05, 4.69) is 11.1 Å². The highest BCUT2D eigenvalue weighted by Crippen LogP contribution is 2.16. The highest BCUT2D eigenvalue weighted by Gasteiger charge is 2.00. The Kier molecular flexibility index (Phi) is 3.61. The number of nitrogens with zero attached hydrogens (tertiary/aromatic N) is 1. The van der Waals surface area contributed by atoms with Crippen LogP contribution in [-0.4, -0.2) is 10.1 Å². The van der Waals surface area contributed by atoms with E-state index in [4.69, 9.17) is 9.84 Å². The number of pyridine rings is 1. The Morgan fingerprint density at radius 3 is 2.50 bits per heavy atom. The SMILES string of the molecule is OCc1ccc(OCc2ccc3ccccc3n2)cc1. The lowest BCUT2D eigenvalue weighted by Crippen LogP contribution is -1.98. The number of hydrogen-bond donors (Lipinski definition) is 1. The number of rotatable bonds is 4. The molecule has 0 aliphatic rings. The molecule has 0 unspecified atom stereocenters. The highest BCUT2D eigenvalue weighted by molar-refractivity contribution is 5.78. The van der Waals surface area contributed by atoms with Crippen molar-refractivity contribution in [2.75, 3.05) is 0 Å². The summed E-state index contributed by atoms with van der Waals surface area (Å²) in [6.45, 7) is 0.482. The molecule has 3 rings (SSSR count).